The van der Waals surface area contributed by atoms with Crippen LogP contribution in [0.2, 0.25) is 0 Å². The van der Waals surface area contributed by atoms with E-state index in [0.29, 0.717) is 5.69 Å². The maximum Gasteiger partial charge on any atom is 0.296 e. The lowest BCUT2D eigenvalue weighted by atomic mass is 10.2. The third-order valence-corrected chi connectivity index (χ3v) is 1.64. The van der Waals surface area contributed by atoms with Gasteiger partial charge in [-0.05, 0) is 12.1 Å². The number of nitro groups is 1. The van der Waals surface area contributed by atoms with Crippen molar-refractivity contribution in [3.8, 4) is 5.75 Å². The lowest BCUT2D eigenvalue weighted by Gasteiger charge is -2.12. The fourth-order valence-corrected chi connectivity index (χ4v) is 1.04. The molecule has 0 fully saturated rings. The number of hydrogen-bond acceptors (Lipinski definition) is 4. The van der Waals surface area contributed by atoms with Crippen LogP contribution in [0.15, 0.2) is 18.2 Å². The molecule has 0 aromatic heterocycles. The Balaban J connectivity index is 3.27. The smallest absolute Gasteiger partial charge is 0.296 e. The Morgan fingerprint density at radius 1 is 1.46 bits per heavy atom. The molecule has 0 atom stereocenters. The molecule has 1 N–H and O–H groups in total. The molecule has 0 unspecified atom stereocenters. The van der Waals surface area contributed by atoms with E-state index in [2.05, 4.69) is 0 Å². The van der Waals surface area contributed by atoms with E-state index >= 15 is 0 Å². The second-order valence-corrected chi connectivity index (χ2v) is 2.82. The average molecular weight is 182 g/mol. The molecule has 0 saturated carbocycles. The van der Waals surface area contributed by atoms with Crippen LogP contribution >= 0.6 is 0 Å². The molecule has 1 aromatic carbocycles. The highest BCUT2D eigenvalue weighted by Gasteiger charge is 2.15. The predicted octanol–water partition coefficient (Wildman–Crippen LogP) is 1.37. The van der Waals surface area contributed by atoms with E-state index in [1.807, 2.05) is 0 Å². The minimum absolute atomic E-state index is 0.0926. The second-order valence-electron chi connectivity index (χ2n) is 2.82. The lowest BCUT2D eigenvalue weighted by molar-refractivity contribution is -0.384. The van der Waals surface area contributed by atoms with Gasteiger partial charge in [-0.15, -0.1) is 0 Å². The fraction of sp³-hybridized carbons (Fsp3) is 0.250. The second kappa shape index (κ2) is 3.30. The van der Waals surface area contributed by atoms with E-state index in [1.165, 1.54) is 12.1 Å². The minimum atomic E-state index is -0.519. The van der Waals surface area contributed by atoms with Crippen molar-refractivity contribution in [2.75, 3.05) is 19.0 Å². The number of benzene rings is 1. The van der Waals surface area contributed by atoms with E-state index < -0.39 is 4.92 Å². The molecule has 0 aliphatic rings. The molecule has 0 heterocycles. The fourth-order valence-electron chi connectivity index (χ4n) is 1.04. The Kier molecular flexibility index (Phi) is 2.36. The summed E-state index contributed by atoms with van der Waals surface area (Å²) in [5.74, 6) is -0.0997. The highest BCUT2D eigenvalue weighted by Crippen LogP contribution is 2.29. The molecular weight excluding hydrogens is 172 g/mol. The standard InChI is InChI=1S/C8H10N2O3/c1-9(2)7-4-3-6(11)5-8(7)10(12)13/h3-5,11H,1-2H3. The number of anilines is 1. The zero-order valence-corrected chi connectivity index (χ0v) is 7.39. The van der Waals surface area contributed by atoms with Crippen molar-refractivity contribution in [2.45, 2.75) is 0 Å². The largest absolute Gasteiger partial charge is 0.508 e. The Morgan fingerprint density at radius 3 is 2.54 bits per heavy atom. The predicted molar refractivity (Wildman–Crippen MR) is 49.1 cm³/mol. The highest BCUT2D eigenvalue weighted by atomic mass is 16.6. The first-order chi connectivity index (χ1) is 6.02. The van der Waals surface area contributed by atoms with Gasteiger partial charge in [0, 0.05) is 14.1 Å². The molecule has 0 aliphatic heterocycles. The normalized spacial score (nSPS) is 9.69. The minimum Gasteiger partial charge on any atom is -0.508 e. The highest BCUT2D eigenvalue weighted by molar-refractivity contribution is 5.64. The number of nitro benzene ring substituents is 1. The molecule has 0 radical (unpaired) electrons. The van der Waals surface area contributed by atoms with E-state index in [4.69, 9.17) is 5.11 Å². The average Bonchev–Trinajstić information content (AvgIpc) is 2.03. The lowest BCUT2D eigenvalue weighted by Crippen LogP contribution is -2.10. The van der Waals surface area contributed by atoms with Crippen LogP contribution in [0.5, 0.6) is 5.75 Å². The maximum absolute atomic E-state index is 10.5. The molecule has 5 nitrogen and oxygen atoms in total. The van der Waals surface area contributed by atoms with E-state index in [9.17, 15) is 10.1 Å². The molecule has 0 spiro atoms. The Hall–Kier alpha value is -1.78. The zero-order chi connectivity index (χ0) is 10.0. The van der Waals surface area contributed by atoms with Crippen molar-refractivity contribution in [2.24, 2.45) is 0 Å². The van der Waals surface area contributed by atoms with Crippen molar-refractivity contribution in [3.63, 3.8) is 0 Å². The van der Waals surface area contributed by atoms with Gasteiger partial charge in [-0.3, -0.25) is 10.1 Å². The summed E-state index contributed by atoms with van der Waals surface area (Å²) < 4.78 is 0. The number of hydrogen-bond donors (Lipinski definition) is 1. The summed E-state index contributed by atoms with van der Waals surface area (Å²) in [4.78, 5) is 11.6. The topological polar surface area (TPSA) is 66.6 Å². The first-order valence-electron chi connectivity index (χ1n) is 3.67. The van der Waals surface area contributed by atoms with Gasteiger partial charge in [-0.2, -0.15) is 0 Å². The zero-order valence-electron chi connectivity index (χ0n) is 7.39. The molecule has 1 rings (SSSR count). The molecular formula is C8H10N2O3. The number of aromatic hydroxyl groups is 1. The summed E-state index contributed by atoms with van der Waals surface area (Å²) in [5, 5.41) is 19.6. The van der Waals surface area contributed by atoms with Gasteiger partial charge in [0.05, 0.1) is 11.0 Å². The number of phenols is 1. The summed E-state index contributed by atoms with van der Waals surface area (Å²) in [5.41, 5.74) is 0.382. The van der Waals surface area contributed by atoms with Crippen LogP contribution in [0.3, 0.4) is 0 Å². The van der Waals surface area contributed by atoms with Gasteiger partial charge in [0.25, 0.3) is 5.69 Å². The van der Waals surface area contributed by atoms with Gasteiger partial charge in [0.1, 0.15) is 11.4 Å². The van der Waals surface area contributed by atoms with Gasteiger partial charge in [-0.1, -0.05) is 0 Å². The van der Waals surface area contributed by atoms with Crippen LogP contribution in [-0.4, -0.2) is 24.1 Å². The Morgan fingerprint density at radius 2 is 2.08 bits per heavy atom. The summed E-state index contributed by atoms with van der Waals surface area (Å²) in [7, 11) is 3.42. The van der Waals surface area contributed by atoms with Crippen molar-refractivity contribution < 1.29 is 10.0 Å². The maximum atomic E-state index is 10.5. The Labute approximate surface area is 75.4 Å². The van der Waals surface area contributed by atoms with Crippen LogP contribution in [0.4, 0.5) is 11.4 Å². The van der Waals surface area contributed by atoms with Crippen molar-refractivity contribution >= 4 is 11.4 Å². The van der Waals surface area contributed by atoms with Gasteiger partial charge in [-0.25, -0.2) is 0 Å². The molecule has 0 amide bonds. The molecule has 70 valence electrons. The quantitative estimate of drug-likeness (QED) is 0.554. The van der Waals surface area contributed by atoms with Gasteiger partial charge < -0.3 is 10.0 Å². The summed E-state index contributed by atoms with van der Waals surface area (Å²) >= 11 is 0. The third-order valence-electron chi connectivity index (χ3n) is 1.64. The molecule has 0 aliphatic carbocycles. The molecule has 0 bridgehead atoms. The van der Waals surface area contributed by atoms with Gasteiger partial charge in [0.2, 0.25) is 0 Å². The van der Waals surface area contributed by atoms with Crippen LogP contribution in [-0.2, 0) is 0 Å². The monoisotopic (exact) mass is 182 g/mol. The van der Waals surface area contributed by atoms with Gasteiger partial charge >= 0.3 is 0 Å². The summed E-state index contributed by atoms with van der Waals surface area (Å²) in [6.07, 6.45) is 0. The van der Waals surface area contributed by atoms with Gasteiger partial charge in [0.15, 0.2) is 0 Å². The molecule has 5 heteroatoms. The Bertz CT molecular complexity index is 336. The van der Waals surface area contributed by atoms with Crippen LogP contribution in [0.25, 0.3) is 0 Å². The molecule has 0 saturated heterocycles. The van der Waals surface area contributed by atoms with Crippen LogP contribution < -0.4 is 4.90 Å². The van der Waals surface area contributed by atoms with E-state index in [1.54, 1.807) is 19.0 Å². The van der Waals surface area contributed by atoms with Crippen LogP contribution in [0.1, 0.15) is 0 Å². The number of rotatable bonds is 2. The number of nitrogens with zero attached hydrogens (tertiary/aromatic N) is 2. The third kappa shape index (κ3) is 1.87. The van der Waals surface area contributed by atoms with E-state index in [0.717, 1.165) is 6.07 Å². The summed E-state index contributed by atoms with van der Waals surface area (Å²) in [6.45, 7) is 0. The van der Waals surface area contributed by atoms with Crippen molar-refractivity contribution in [1.82, 2.24) is 0 Å². The number of phenolic OH excluding ortho intramolecular Hbond substituents is 1. The summed E-state index contributed by atoms with van der Waals surface area (Å²) in [6, 6.07) is 4.06. The first kappa shape index (κ1) is 9.31. The van der Waals surface area contributed by atoms with Crippen molar-refractivity contribution in [1.29, 1.82) is 0 Å². The first-order valence-corrected chi connectivity index (χ1v) is 3.67. The van der Waals surface area contributed by atoms with Crippen LogP contribution in [0, 0.1) is 10.1 Å². The molecule has 13 heavy (non-hydrogen) atoms. The van der Waals surface area contributed by atoms with Crippen molar-refractivity contribution in [3.05, 3.63) is 28.3 Å². The SMILES string of the molecule is CN(C)c1ccc(O)cc1[N+](=O)[O-]. The molecule has 1 aromatic rings. The van der Waals surface area contributed by atoms with E-state index in [-0.39, 0.29) is 11.4 Å².